The molecule has 0 radical (unpaired) electrons. The van der Waals surface area contributed by atoms with E-state index in [9.17, 15) is 4.79 Å². The second-order valence-electron chi connectivity index (χ2n) is 4.44. The zero-order valence-corrected chi connectivity index (χ0v) is 9.53. The molecule has 1 heterocycles. The molecule has 1 N–H and O–H groups in total. The van der Waals surface area contributed by atoms with Crippen LogP contribution in [0, 0.1) is 6.92 Å². The SMILES string of the molecule is Cc1nc(C2CCCC2)oc1CCC(=O)O. The van der Waals surface area contributed by atoms with Crippen LogP contribution in [-0.2, 0) is 11.2 Å². The summed E-state index contributed by atoms with van der Waals surface area (Å²) in [5.41, 5.74) is 0.850. The highest BCUT2D eigenvalue weighted by atomic mass is 16.4. The number of aryl methyl sites for hydroxylation is 2. The predicted octanol–water partition coefficient (Wildman–Crippen LogP) is 2.66. The first kappa shape index (κ1) is 11.2. The molecule has 1 aromatic heterocycles. The van der Waals surface area contributed by atoms with Crippen LogP contribution in [0.4, 0.5) is 0 Å². The summed E-state index contributed by atoms with van der Waals surface area (Å²) in [5.74, 6) is 1.22. The minimum Gasteiger partial charge on any atom is -0.481 e. The van der Waals surface area contributed by atoms with Crippen LogP contribution in [0.5, 0.6) is 0 Å². The molecule has 0 unspecified atom stereocenters. The Morgan fingerprint density at radius 2 is 2.19 bits per heavy atom. The summed E-state index contributed by atoms with van der Waals surface area (Å²) in [6.07, 6.45) is 5.35. The molecule has 1 aromatic rings. The monoisotopic (exact) mass is 223 g/mol. The van der Waals surface area contributed by atoms with E-state index in [1.165, 1.54) is 12.8 Å². The lowest BCUT2D eigenvalue weighted by Gasteiger charge is -2.01. The number of aromatic nitrogens is 1. The standard InChI is InChI=1S/C12H17NO3/c1-8-10(6-7-11(14)15)16-12(13-8)9-4-2-3-5-9/h9H,2-7H2,1H3,(H,14,15). The summed E-state index contributed by atoms with van der Waals surface area (Å²) in [4.78, 5) is 14.9. The molecule has 4 nitrogen and oxygen atoms in total. The molecule has 88 valence electrons. The van der Waals surface area contributed by atoms with Crippen molar-refractivity contribution in [1.29, 1.82) is 0 Å². The van der Waals surface area contributed by atoms with E-state index in [4.69, 9.17) is 9.52 Å². The third kappa shape index (κ3) is 2.43. The van der Waals surface area contributed by atoms with E-state index in [1.807, 2.05) is 6.92 Å². The first-order valence-electron chi connectivity index (χ1n) is 5.85. The Kier molecular flexibility index (Phi) is 3.27. The van der Waals surface area contributed by atoms with Gasteiger partial charge in [-0.05, 0) is 19.8 Å². The Morgan fingerprint density at radius 3 is 2.81 bits per heavy atom. The van der Waals surface area contributed by atoms with Crippen molar-refractivity contribution in [3.8, 4) is 0 Å². The summed E-state index contributed by atoms with van der Waals surface area (Å²) < 4.78 is 5.67. The van der Waals surface area contributed by atoms with Gasteiger partial charge >= 0.3 is 5.97 Å². The van der Waals surface area contributed by atoms with Crippen LogP contribution >= 0.6 is 0 Å². The van der Waals surface area contributed by atoms with E-state index < -0.39 is 5.97 Å². The second kappa shape index (κ2) is 4.68. The Labute approximate surface area is 94.7 Å². The molecular weight excluding hydrogens is 206 g/mol. The van der Waals surface area contributed by atoms with Crippen molar-refractivity contribution in [1.82, 2.24) is 4.98 Å². The van der Waals surface area contributed by atoms with Gasteiger partial charge in [-0.25, -0.2) is 4.98 Å². The fourth-order valence-electron chi connectivity index (χ4n) is 2.25. The highest BCUT2D eigenvalue weighted by Crippen LogP contribution is 2.34. The molecule has 1 saturated carbocycles. The van der Waals surface area contributed by atoms with Gasteiger partial charge in [-0.15, -0.1) is 0 Å². The third-order valence-electron chi connectivity index (χ3n) is 3.18. The van der Waals surface area contributed by atoms with E-state index in [0.29, 0.717) is 12.3 Å². The molecule has 1 aliphatic rings. The highest BCUT2D eigenvalue weighted by Gasteiger charge is 2.23. The molecule has 16 heavy (non-hydrogen) atoms. The number of oxazole rings is 1. The molecule has 0 saturated heterocycles. The number of carbonyl (C=O) groups is 1. The van der Waals surface area contributed by atoms with Crippen LogP contribution in [0.25, 0.3) is 0 Å². The van der Waals surface area contributed by atoms with Crippen molar-refractivity contribution in [3.05, 3.63) is 17.3 Å². The fraction of sp³-hybridized carbons (Fsp3) is 0.667. The first-order chi connectivity index (χ1) is 7.66. The summed E-state index contributed by atoms with van der Waals surface area (Å²) >= 11 is 0. The molecular formula is C12H17NO3. The van der Waals surface area contributed by atoms with Crippen molar-refractivity contribution >= 4 is 5.97 Å². The van der Waals surface area contributed by atoms with E-state index in [2.05, 4.69) is 4.98 Å². The summed E-state index contributed by atoms with van der Waals surface area (Å²) in [6, 6.07) is 0. The van der Waals surface area contributed by atoms with Crippen molar-refractivity contribution in [2.75, 3.05) is 0 Å². The van der Waals surface area contributed by atoms with Gasteiger partial charge in [0.25, 0.3) is 0 Å². The molecule has 0 aromatic carbocycles. The highest BCUT2D eigenvalue weighted by molar-refractivity contribution is 5.66. The van der Waals surface area contributed by atoms with E-state index >= 15 is 0 Å². The third-order valence-corrected chi connectivity index (χ3v) is 3.18. The van der Waals surface area contributed by atoms with Crippen molar-refractivity contribution in [3.63, 3.8) is 0 Å². The summed E-state index contributed by atoms with van der Waals surface area (Å²) in [7, 11) is 0. The topological polar surface area (TPSA) is 63.3 Å². The van der Waals surface area contributed by atoms with Gasteiger partial charge < -0.3 is 9.52 Å². The second-order valence-corrected chi connectivity index (χ2v) is 4.44. The van der Waals surface area contributed by atoms with Gasteiger partial charge in [0.15, 0.2) is 5.89 Å². The quantitative estimate of drug-likeness (QED) is 0.852. The Balaban J connectivity index is 2.05. The van der Waals surface area contributed by atoms with Gasteiger partial charge in [-0.3, -0.25) is 4.79 Å². The number of aliphatic carboxylic acids is 1. The largest absolute Gasteiger partial charge is 0.481 e. The van der Waals surface area contributed by atoms with Gasteiger partial charge in [-0.1, -0.05) is 12.8 Å². The zero-order valence-electron chi connectivity index (χ0n) is 9.53. The van der Waals surface area contributed by atoms with Crippen LogP contribution in [0.2, 0.25) is 0 Å². The van der Waals surface area contributed by atoms with Crippen LogP contribution in [0.3, 0.4) is 0 Å². The number of hydrogen-bond donors (Lipinski definition) is 1. The molecule has 2 rings (SSSR count). The van der Waals surface area contributed by atoms with Gasteiger partial charge in [0.2, 0.25) is 0 Å². The molecule has 0 aliphatic heterocycles. The number of rotatable bonds is 4. The minimum atomic E-state index is -0.793. The zero-order chi connectivity index (χ0) is 11.5. The van der Waals surface area contributed by atoms with Crippen LogP contribution in [0.1, 0.15) is 55.4 Å². The van der Waals surface area contributed by atoms with Gasteiger partial charge in [0.05, 0.1) is 12.1 Å². The molecule has 1 fully saturated rings. The molecule has 0 bridgehead atoms. The fourth-order valence-corrected chi connectivity index (χ4v) is 2.25. The lowest BCUT2D eigenvalue weighted by Crippen LogP contribution is -1.97. The maximum atomic E-state index is 10.5. The normalized spacial score (nSPS) is 16.8. The van der Waals surface area contributed by atoms with E-state index in [1.54, 1.807) is 0 Å². The number of hydrogen-bond acceptors (Lipinski definition) is 3. The average molecular weight is 223 g/mol. The summed E-state index contributed by atoms with van der Waals surface area (Å²) in [6.45, 7) is 1.89. The first-order valence-corrected chi connectivity index (χ1v) is 5.85. The van der Waals surface area contributed by atoms with Crippen LogP contribution in [0.15, 0.2) is 4.42 Å². The molecule has 0 amide bonds. The van der Waals surface area contributed by atoms with Gasteiger partial charge in [0.1, 0.15) is 5.76 Å². The smallest absolute Gasteiger partial charge is 0.303 e. The maximum Gasteiger partial charge on any atom is 0.303 e. The van der Waals surface area contributed by atoms with Crippen molar-refractivity contribution in [2.24, 2.45) is 0 Å². The minimum absolute atomic E-state index is 0.111. The maximum absolute atomic E-state index is 10.5. The van der Waals surface area contributed by atoms with Crippen molar-refractivity contribution < 1.29 is 14.3 Å². The van der Waals surface area contributed by atoms with Crippen molar-refractivity contribution in [2.45, 2.75) is 51.4 Å². The Bertz CT molecular complexity index is 378. The van der Waals surface area contributed by atoms with E-state index in [0.717, 1.165) is 30.2 Å². The van der Waals surface area contributed by atoms with Gasteiger partial charge in [0, 0.05) is 12.3 Å². The number of nitrogens with zero attached hydrogens (tertiary/aromatic N) is 1. The van der Waals surface area contributed by atoms with Gasteiger partial charge in [-0.2, -0.15) is 0 Å². The number of carboxylic acid groups (broad SMARTS) is 1. The average Bonchev–Trinajstić information content (AvgIpc) is 2.83. The Morgan fingerprint density at radius 1 is 1.50 bits per heavy atom. The molecule has 4 heteroatoms. The summed E-state index contributed by atoms with van der Waals surface area (Å²) in [5, 5.41) is 8.62. The molecule has 0 spiro atoms. The lowest BCUT2D eigenvalue weighted by atomic mass is 10.1. The number of carboxylic acids is 1. The van der Waals surface area contributed by atoms with E-state index in [-0.39, 0.29) is 6.42 Å². The Hall–Kier alpha value is -1.32. The molecule has 1 aliphatic carbocycles. The molecule has 0 atom stereocenters. The van der Waals surface area contributed by atoms with Crippen LogP contribution < -0.4 is 0 Å². The lowest BCUT2D eigenvalue weighted by molar-refractivity contribution is -0.137. The predicted molar refractivity (Wildman–Crippen MR) is 58.4 cm³/mol. The van der Waals surface area contributed by atoms with Crippen LogP contribution in [-0.4, -0.2) is 16.1 Å².